The van der Waals surface area contributed by atoms with E-state index in [1.165, 1.54) is 10.9 Å². The average Bonchev–Trinajstić information content (AvgIpc) is 2.96. The average molecular weight is 360 g/mol. The van der Waals surface area contributed by atoms with Crippen LogP contribution < -0.4 is 4.72 Å². The number of nitrogens with zero attached hydrogens (tertiary/aromatic N) is 3. The van der Waals surface area contributed by atoms with E-state index in [1.54, 1.807) is 13.0 Å². The first-order valence-corrected chi connectivity index (χ1v) is 9.37. The lowest BCUT2D eigenvalue weighted by Crippen LogP contribution is -2.17. The van der Waals surface area contributed by atoms with Gasteiger partial charge in [-0.2, -0.15) is 9.78 Å². The van der Waals surface area contributed by atoms with Crippen LogP contribution in [-0.2, 0) is 14.8 Å². The molecule has 25 heavy (non-hydrogen) atoms. The fourth-order valence-corrected chi connectivity index (χ4v) is 2.88. The molecule has 3 rings (SSSR count). The largest absolute Gasteiger partial charge is 0.462 e. The van der Waals surface area contributed by atoms with Crippen LogP contribution in [0.15, 0.2) is 42.6 Å². The quantitative estimate of drug-likeness (QED) is 0.698. The summed E-state index contributed by atoms with van der Waals surface area (Å²) >= 11 is 0. The van der Waals surface area contributed by atoms with Gasteiger partial charge < -0.3 is 4.74 Å². The standard InChI is InChI=1S/C16H16N4O4S/c1-3-24-16(21)12-10-17-20(15(12)19-25(2,22)23)14-9-8-11-6-4-5-7-13(11)18-14/h4-10,19H,3H2,1-2H3. The summed E-state index contributed by atoms with van der Waals surface area (Å²) in [6.07, 6.45) is 2.25. The summed E-state index contributed by atoms with van der Waals surface area (Å²) < 4.78 is 31.9. The maximum absolute atomic E-state index is 12.1. The highest BCUT2D eigenvalue weighted by Gasteiger charge is 2.22. The second-order valence-electron chi connectivity index (χ2n) is 5.28. The van der Waals surface area contributed by atoms with Gasteiger partial charge in [-0.25, -0.2) is 18.2 Å². The number of carbonyl (C=O) groups is 1. The Morgan fingerprint density at radius 2 is 2.00 bits per heavy atom. The minimum atomic E-state index is -3.64. The number of anilines is 1. The minimum Gasteiger partial charge on any atom is -0.462 e. The fourth-order valence-electron chi connectivity index (χ4n) is 2.33. The van der Waals surface area contributed by atoms with E-state index in [2.05, 4.69) is 14.8 Å². The Morgan fingerprint density at radius 1 is 1.24 bits per heavy atom. The van der Waals surface area contributed by atoms with Crippen molar-refractivity contribution in [1.29, 1.82) is 0 Å². The second-order valence-corrected chi connectivity index (χ2v) is 7.02. The monoisotopic (exact) mass is 360 g/mol. The fraction of sp³-hybridized carbons (Fsp3) is 0.188. The highest BCUT2D eigenvalue weighted by Crippen LogP contribution is 2.23. The minimum absolute atomic E-state index is 0.0104. The molecule has 1 aromatic carbocycles. The Balaban J connectivity index is 2.15. The lowest BCUT2D eigenvalue weighted by atomic mass is 10.2. The van der Waals surface area contributed by atoms with Crippen LogP contribution in [0.25, 0.3) is 16.7 Å². The highest BCUT2D eigenvalue weighted by molar-refractivity contribution is 7.92. The van der Waals surface area contributed by atoms with Gasteiger partial charge in [0, 0.05) is 5.39 Å². The van der Waals surface area contributed by atoms with E-state index >= 15 is 0 Å². The van der Waals surface area contributed by atoms with Crippen LogP contribution in [0, 0.1) is 0 Å². The van der Waals surface area contributed by atoms with Crippen LogP contribution in [0.2, 0.25) is 0 Å². The van der Waals surface area contributed by atoms with E-state index in [-0.39, 0.29) is 18.0 Å². The molecule has 0 saturated heterocycles. The predicted octanol–water partition coefficient (Wildman–Crippen LogP) is 1.97. The third-order valence-corrected chi connectivity index (χ3v) is 3.91. The van der Waals surface area contributed by atoms with Gasteiger partial charge in [0.2, 0.25) is 10.0 Å². The van der Waals surface area contributed by atoms with Crippen LogP contribution in [0.3, 0.4) is 0 Å². The smallest absolute Gasteiger partial charge is 0.343 e. The van der Waals surface area contributed by atoms with Crippen LogP contribution in [-0.4, -0.2) is 42.0 Å². The number of sulfonamides is 1. The SMILES string of the molecule is CCOC(=O)c1cnn(-c2ccc3ccccc3n2)c1NS(C)(=O)=O. The summed E-state index contributed by atoms with van der Waals surface area (Å²) in [5, 5.41) is 5.04. The third kappa shape index (κ3) is 3.61. The van der Waals surface area contributed by atoms with Crippen molar-refractivity contribution in [2.75, 3.05) is 17.6 Å². The van der Waals surface area contributed by atoms with Gasteiger partial charge in [-0.3, -0.25) is 4.72 Å². The zero-order valence-corrected chi connectivity index (χ0v) is 14.4. The summed E-state index contributed by atoms with van der Waals surface area (Å²) in [5.41, 5.74) is 0.737. The molecule has 3 aromatic rings. The van der Waals surface area contributed by atoms with Gasteiger partial charge in [0.05, 0.1) is 24.6 Å². The first kappa shape index (κ1) is 16.9. The highest BCUT2D eigenvalue weighted by atomic mass is 32.2. The molecular formula is C16H16N4O4S. The van der Waals surface area contributed by atoms with E-state index in [9.17, 15) is 13.2 Å². The number of esters is 1. The Kier molecular flexibility index (Phi) is 4.41. The molecule has 0 spiro atoms. The van der Waals surface area contributed by atoms with Crippen molar-refractivity contribution in [3.05, 3.63) is 48.2 Å². The Labute approximate surface area is 144 Å². The van der Waals surface area contributed by atoms with Gasteiger partial charge in [-0.15, -0.1) is 0 Å². The number of hydrogen-bond donors (Lipinski definition) is 1. The number of carbonyl (C=O) groups excluding carboxylic acids is 1. The number of ether oxygens (including phenoxy) is 1. The third-order valence-electron chi connectivity index (χ3n) is 3.35. The molecule has 8 nitrogen and oxygen atoms in total. The van der Waals surface area contributed by atoms with Gasteiger partial charge >= 0.3 is 5.97 Å². The number of nitrogens with one attached hydrogen (secondary N) is 1. The Bertz CT molecular complexity index is 1040. The molecule has 0 bridgehead atoms. The van der Waals surface area contributed by atoms with Crippen LogP contribution in [0.5, 0.6) is 0 Å². The van der Waals surface area contributed by atoms with Gasteiger partial charge in [0.15, 0.2) is 11.6 Å². The number of pyridine rings is 1. The van der Waals surface area contributed by atoms with Crippen molar-refractivity contribution in [3.8, 4) is 5.82 Å². The van der Waals surface area contributed by atoms with Crippen molar-refractivity contribution >= 4 is 32.7 Å². The van der Waals surface area contributed by atoms with Crippen LogP contribution in [0.1, 0.15) is 17.3 Å². The van der Waals surface area contributed by atoms with Gasteiger partial charge in [0.25, 0.3) is 0 Å². The molecule has 2 aromatic heterocycles. The van der Waals surface area contributed by atoms with E-state index in [1.807, 2.05) is 30.3 Å². The molecule has 9 heteroatoms. The van der Waals surface area contributed by atoms with Crippen molar-refractivity contribution in [1.82, 2.24) is 14.8 Å². The van der Waals surface area contributed by atoms with Crippen LogP contribution >= 0.6 is 0 Å². The maximum atomic E-state index is 12.1. The number of para-hydroxylation sites is 1. The van der Waals surface area contributed by atoms with Crippen molar-refractivity contribution < 1.29 is 17.9 Å². The summed E-state index contributed by atoms with van der Waals surface area (Å²) in [4.78, 5) is 16.5. The van der Waals surface area contributed by atoms with Gasteiger partial charge in [-0.1, -0.05) is 18.2 Å². The molecule has 0 atom stereocenters. The maximum Gasteiger partial charge on any atom is 0.343 e. The zero-order chi connectivity index (χ0) is 18.0. The normalized spacial score (nSPS) is 11.4. The lowest BCUT2D eigenvalue weighted by molar-refractivity contribution is 0.0527. The van der Waals surface area contributed by atoms with E-state index in [0.717, 1.165) is 17.2 Å². The predicted molar refractivity (Wildman–Crippen MR) is 93.3 cm³/mol. The molecular weight excluding hydrogens is 344 g/mol. The molecule has 0 aliphatic rings. The molecule has 0 radical (unpaired) electrons. The van der Waals surface area contributed by atoms with Gasteiger partial charge in [-0.05, 0) is 25.1 Å². The number of aromatic nitrogens is 3. The van der Waals surface area contributed by atoms with Crippen LogP contribution in [0.4, 0.5) is 5.82 Å². The molecule has 0 saturated carbocycles. The Morgan fingerprint density at radius 3 is 2.72 bits per heavy atom. The first-order chi connectivity index (χ1) is 11.9. The molecule has 130 valence electrons. The summed E-state index contributed by atoms with van der Waals surface area (Å²) in [7, 11) is -3.64. The van der Waals surface area contributed by atoms with Gasteiger partial charge in [0.1, 0.15) is 5.56 Å². The Hall–Kier alpha value is -2.94. The first-order valence-electron chi connectivity index (χ1n) is 7.48. The summed E-state index contributed by atoms with van der Waals surface area (Å²) in [5.74, 6) is -0.301. The molecule has 0 aliphatic heterocycles. The number of hydrogen-bond acceptors (Lipinski definition) is 6. The van der Waals surface area contributed by atoms with E-state index in [4.69, 9.17) is 4.74 Å². The summed E-state index contributed by atoms with van der Waals surface area (Å²) in [6, 6.07) is 11.0. The molecule has 0 aliphatic carbocycles. The molecule has 0 amide bonds. The molecule has 0 fully saturated rings. The van der Waals surface area contributed by atoms with Crippen molar-refractivity contribution in [2.45, 2.75) is 6.92 Å². The number of fused-ring (bicyclic) bond motifs is 1. The van der Waals surface area contributed by atoms with E-state index < -0.39 is 16.0 Å². The molecule has 0 unspecified atom stereocenters. The van der Waals surface area contributed by atoms with Crippen molar-refractivity contribution in [3.63, 3.8) is 0 Å². The summed E-state index contributed by atoms with van der Waals surface area (Å²) in [6.45, 7) is 1.83. The zero-order valence-electron chi connectivity index (χ0n) is 13.6. The van der Waals surface area contributed by atoms with Crippen molar-refractivity contribution in [2.24, 2.45) is 0 Å². The van der Waals surface area contributed by atoms with E-state index in [0.29, 0.717) is 5.82 Å². The number of rotatable bonds is 5. The lowest BCUT2D eigenvalue weighted by Gasteiger charge is -2.10. The molecule has 2 heterocycles. The topological polar surface area (TPSA) is 103 Å². The number of benzene rings is 1. The molecule has 1 N–H and O–H groups in total. The second kappa shape index (κ2) is 6.52.